The Balaban J connectivity index is 1.30. The minimum absolute atomic E-state index is 0.0998. The molecule has 0 spiro atoms. The number of carbonyl (C=O) groups excluding carboxylic acids is 1. The summed E-state index contributed by atoms with van der Waals surface area (Å²) in [6.07, 6.45) is 9.43. The topological polar surface area (TPSA) is 91.2 Å². The van der Waals surface area contributed by atoms with Gasteiger partial charge in [0.15, 0.2) is 0 Å². The highest BCUT2D eigenvalue weighted by Crippen LogP contribution is 2.25. The molecule has 0 saturated heterocycles. The number of aryl methyl sites for hydroxylation is 1. The molecule has 25 heavy (non-hydrogen) atoms. The Morgan fingerprint density at radius 2 is 2.04 bits per heavy atom. The van der Waals surface area contributed by atoms with Gasteiger partial charge in [-0.3, -0.25) is 4.79 Å². The maximum absolute atomic E-state index is 12.5. The highest BCUT2D eigenvalue weighted by Gasteiger charge is 2.27. The van der Waals surface area contributed by atoms with Gasteiger partial charge < -0.3 is 14.8 Å². The Morgan fingerprint density at radius 3 is 2.84 bits per heavy atom. The summed E-state index contributed by atoms with van der Waals surface area (Å²) in [5.41, 5.74) is 0.524. The minimum Gasteiger partial charge on any atom is -0.477 e. The van der Waals surface area contributed by atoms with Crippen LogP contribution in [0.25, 0.3) is 0 Å². The van der Waals surface area contributed by atoms with Crippen LogP contribution in [0.5, 0.6) is 11.9 Å². The van der Waals surface area contributed by atoms with Gasteiger partial charge in [0.05, 0.1) is 12.8 Å². The summed E-state index contributed by atoms with van der Waals surface area (Å²) in [6, 6.07) is 2.32. The number of nitrogens with one attached hydrogen (secondary N) is 1. The molecule has 0 bridgehead atoms. The Kier molecular flexibility index (Phi) is 4.49. The van der Waals surface area contributed by atoms with Crippen molar-refractivity contribution in [1.82, 2.24) is 25.1 Å². The molecule has 1 amide bonds. The number of rotatable bonds is 4. The molecular weight excluding hydrogens is 322 g/mol. The SMILES string of the molecule is O=C(NC1CCC(Oc2ncccn2)CC1)c1cnn2c1OCCC2. The first-order chi connectivity index (χ1) is 12.3. The van der Waals surface area contributed by atoms with Crippen molar-refractivity contribution in [3.63, 3.8) is 0 Å². The second kappa shape index (κ2) is 7.08. The van der Waals surface area contributed by atoms with Crippen molar-refractivity contribution in [2.45, 2.75) is 50.8 Å². The van der Waals surface area contributed by atoms with Crippen molar-refractivity contribution in [1.29, 1.82) is 0 Å². The summed E-state index contributed by atoms with van der Waals surface area (Å²) >= 11 is 0. The fraction of sp³-hybridized carbons (Fsp3) is 0.529. The van der Waals surface area contributed by atoms with Crippen molar-refractivity contribution >= 4 is 5.91 Å². The molecule has 2 aromatic rings. The van der Waals surface area contributed by atoms with Crippen molar-refractivity contribution in [2.75, 3.05) is 6.61 Å². The van der Waals surface area contributed by atoms with Crippen LogP contribution >= 0.6 is 0 Å². The fourth-order valence-corrected chi connectivity index (χ4v) is 3.31. The molecule has 2 aromatic heterocycles. The average molecular weight is 343 g/mol. The quantitative estimate of drug-likeness (QED) is 0.906. The van der Waals surface area contributed by atoms with E-state index in [1.807, 2.05) is 0 Å². The van der Waals surface area contributed by atoms with Gasteiger partial charge in [0.25, 0.3) is 5.91 Å². The van der Waals surface area contributed by atoms with Crippen LogP contribution in [0.3, 0.4) is 0 Å². The normalized spacial score (nSPS) is 22.6. The van der Waals surface area contributed by atoms with Crippen LogP contribution in [0.1, 0.15) is 42.5 Å². The highest BCUT2D eigenvalue weighted by molar-refractivity contribution is 5.96. The molecule has 132 valence electrons. The number of fused-ring (bicyclic) bond motifs is 1. The van der Waals surface area contributed by atoms with E-state index < -0.39 is 0 Å². The largest absolute Gasteiger partial charge is 0.477 e. The van der Waals surface area contributed by atoms with Gasteiger partial charge in [-0.25, -0.2) is 14.6 Å². The minimum atomic E-state index is -0.112. The standard InChI is InChI=1S/C17H21N5O3/c23-15(14-11-20-22-9-2-10-24-16(14)22)21-12-3-5-13(6-4-12)25-17-18-7-1-8-19-17/h1,7-8,11-13H,2-6,9-10H2,(H,21,23). The highest BCUT2D eigenvalue weighted by atomic mass is 16.5. The molecule has 8 heteroatoms. The second-order valence-corrected chi connectivity index (χ2v) is 6.38. The number of nitrogens with zero attached hydrogens (tertiary/aromatic N) is 4. The van der Waals surface area contributed by atoms with E-state index in [1.165, 1.54) is 0 Å². The van der Waals surface area contributed by atoms with Crippen LogP contribution in [-0.2, 0) is 6.54 Å². The zero-order valence-corrected chi connectivity index (χ0v) is 13.9. The van der Waals surface area contributed by atoms with Gasteiger partial charge >= 0.3 is 6.01 Å². The Hall–Kier alpha value is -2.64. The smallest absolute Gasteiger partial charge is 0.316 e. The van der Waals surface area contributed by atoms with Crippen molar-refractivity contribution in [3.8, 4) is 11.9 Å². The van der Waals surface area contributed by atoms with Gasteiger partial charge in [-0.15, -0.1) is 0 Å². The first-order valence-electron chi connectivity index (χ1n) is 8.73. The molecule has 0 atom stereocenters. The first-order valence-corrected chi connectivity index (χ1v) is 8.73. The summed E-state index contributed by atoms with van der Waals surface area (Å²) in [4.78, 5) is 20.7. The van der Waals surface area contributed by atoms with Crippen molar-refractivity contribution in [3.05, 3.63) is 30.2 Å². The number of amides is 1. The fourth-order valence-electron chi connectivity index (χ4n) is 3.31. The molecule has 1 N–H and O–H groups in total. The van der Waals surface area contributed by atoms with E-state index in [0.29, 0.717) is 24.1 Å². The van der Waals surface area contributed by atoms with E-state index in [9.17, 15) is 4.79 Å². The molecule has 1 saturated carbocycles. The lowest BCUT2D eigenvalue weighted by Crippen LogP contribution is -2.40. The summed E-state index contributed by atoms with van der Waals surface area (Å²) in [7, 11) is 0. The van der Waals surface area contributed by atoms with Gasteiger partial charge in [0.2, 0.25) is 5.88 Å². The molecule has 8 nitrogen and oxygen atoms in total. The van der Waals surface area contributed by atoms with Gasteiger partial charge in [-0.05, 0) is 31.7 Å². The predicted octanol–water partition coefficient (Wildman–Crippen LogP) is 1.58. The lowest BCUT2D eigenvalue weighted by molar-refractivity contribution is 0.0879. The number of carbonyl (C=O) groups is 1. The zero-order chi connectivity index (χ0) is 17.1. The third-order valence-corrected chi connectivity index (χ3v) is 4.61. The molecule has 1 fully saturated rings. The van der Waals surface area contributed by atoms with Crippen LogP contribution in [0.2, 0.25) is 0 Å². The van der Waals surface area contributed by atoms with Crippen LogP contribution in [0.15, 0.2) is 24.7 Å². The van der Waals surface area contributed by atoms with Crippen molar-refractivity contribution < 1.29 is 14.3 Å². The molecular formula is C17H21N5O3. The molecule has 0 radical (unpaired) electrons. The summed E-state index contributed by atoms with van der Waals surface area (Å²) in [6.45, 7) is 1.43. The lowest BCUT2D eigenvalue weighted by atomic mass is 9.93. The van der Waals surface area contributed by atoms with Gasteiger partial charge in [0, 0.05) is 31.4 Å². The van der Waals surface area contributed by atoms with Crippen molar-refractivity contribution in [2.24, 2.45) is 0 Å². The summed E-state index contributed by atoms with van der Waals surface area (Å²) < 4.78 is 13.1. The molecule has 0 aromatic carbocycles. The zero-order valence-electron chi connectivity index (χ0n) is 13.9. The number of aromatic nitrogens is 4. The van der Waals surface area contributed by atoms with Crippen LogP contribution in [0.4, 0.5) is 0 Å². The van der Waals surface area contributed by atoms with Gasteiger partial charge in [0.1, 0.15) is 11.7 Å². The summed E-state index contributed by atoms with van der Waals surface area (Å²) in [5, 5.41) is 7.32. The molecule has 2 aliphatic rings. The van der Waals surface area contributed by atoms with E-state index >= 15 is 0 Å². The molecule has 0 unspecified atom stereocenters. The monoisotopic (exact) mass is 343 g/mol. The van der Waals surface area contributed by atoms with Crippen LogP contribution < -0.4 is 14.8 Å². The summed E-state index contributed by atoms with van der Waals surface area (Å²) in [5.74, 6) is 0.473. The third kappa shape index (κ3) is 3.57. The second-order valence-electron chi connectivity index (χ2n) is 6.38. The molecule has 1 aliphatic heterocycles. The van der Waals surface area contributed by atoms with Crippen LogP contribution in [0, 0.1) is 0 Å². The van der Waals surface area contributed by atoms with E-state index in [-0.39, 0.29) is 18.1 Å². The van der Waals surface area contributed by atoms with E-state index in [0.717, 1.165) is 38.6 Å². The number of hydrogen-bond acceptors (Lipinski definition) is 6. The lowest BCUT2D eigenvalue weighted by Gasteiger charge is -2.28. The number of ether oxygens (including phenoxy) is 2. The molecule has 4 rings (SSSR count). The molecule has 1 aliphatic carbocycles. The third-order valence-electron chi connectivity index (χ3n) is 4.61. The Labute approximate surface area is 145 Å². The molecule has 3 heterocycles. The van der Waals surface area contributed by atoms with E-state index in [4.69, 9.17) is 9.47 Å². The van der Waals surface area contributed by atoms with E-state index in [1.54, 1.807) is 29.3 Å². The van der Waals surface area contributed by atoms with E-state index in [2.05, 4.69) is 20.4 Å². The maximum atomic E-state index is 12.5. The van der Waals surface area contributed by atoms with Gasteiger partial charge in [-0.1, -0.05) is 0 Å². The van der Waals surface area contributed by atoms with Crippen LogP contribution in [-0.4, -0.2) is 44.4 Å². The maximum Gasteiger partial charge on any atom is 0.316 e. The predicted molar refractivity (Wildman–Crippen MR) is 88.5 cm³/mol. The first kappa shape index (κ1) is 15.9. The number of hydrogen-bond donors (Lipinski definition) is 1. The Bertz CT molecular complexity index is 725. The van der Waals surface area contributed by atoms with Gasteiger partial charge in [-0.2, -0.15) is 5.10 Å². The Morgan fingerprint density at radius 1 is 1.24 bits per heavy atom. The average Bonchev–Trinajstić information content (AvgIpc) is 3.08.